The molecule has 1 atom stereocenters. The van der Waals surface area contributed by atoms with Gasteiger partial charge in [-0.05, 0) is 54.1 Å². The van der Waals surface area contributed by atoms with Crippen LogP contribution in [0.1, 0.15) is 17.2 Å². The lowest BCUT2D eigenvalue weighted by Gasteiger charge is -2.37. The lowest BCUT2D eigenvalue weighted by atomic mass is 10.1. The van der Waals surface area contributed by atoms with Crippen molar-refractivity contribution in [2.45, 2.75) is 13.0 Å². The van der Waals surface area contributed by atoms with Gasteiger partial charge in [-0.1, -0.05) is 6.07 Å². The van der Waals surface area contributed by atoms with Crippen LogP contribution in [0.5, 0.6) is 0 Å². The predicted molar refractivity (Wildman–Crippen MR) is 109 cm³/mol. The number of rotatable bonds is 5. The summed E-state index contributed by atoms with van der Waals surface area (Å²) in [5.74, 6) is -1.95. The lowest BCUT2D eigenvalue weighted by Crippen LogP contribution is -2.49. The molecule has 28 heavy (non-hydrogen) atoms. The van der Waals surface area contributed by atoms with E-state index in [-0.39, 0.29) is 11.7 Å². The van der Waals surface area contributed by atoms with Crippen LogP contribution in [0.4, 0.5) is 10.1 Å². The largest absolute Gasteiger partial charge is 0.346 e. The molecule has 0 radical (unpaired) electrons. The average Bonchev–Trinajstić information content (AvgIpc) is 3.20. The number of likely N-dealkylation sites (N-methyl/N-ethyl adjacent to an activating group) is 1. The molecule has 1 saturated heterocycles. The maximum absolute atomic E-state index is 13.6. The monoisotopic (exact) mass is 404 g/mol. The molecular weight excluding hydrogens is 379 g/mol. The number of carbonyl (C=O) groups is 2. The van der Waals surface area contributed by atoms with Crippen molar-refractivity contribution in [3.8, 4) is 0 Å². The molecule has 0 unspecified atom stereocenters. The molecule has 2 heterocycles. The molecule has 0 bridgehead atoms. The third-order valence-electron chi connectivity index (χ3n) is 5.00. The molecule has 0 saturated carbocycles. The summed E-state index contributed by atoms with van der Waals surface area (Å²) in [5.41, 5.74) is 1.88. The Morgan fingerprint density at radius 1 is 1.18 bits per heavy atom. The van der Waals surface area contributed by atoms with Gasteiger partial charge in [-0.2, -0.15) is 11.3 Å². The number of halogens is 1. The highest BCUT2D eigenvalue weighted by atomic mass is 32.1. The van der Waals surface area contributed by atoms with Gasteiger partial charge in [-0.15, -0.1) is 0 Å². The van der Waals surface area contributed by atoms with E-state index < -0.39 is 17.6 Å². The van der Waals surface area contributed by atoms with E-state index in [1.807, 2.05) is 5.38 Å². The highest BCUT2D eigenvalue weighted by Gasteiger charge is 2.25. The molecule has 1 aliphatic heterocycles. The smallest absolute Gasteiger partial charge is 0.313 e. The summed E-state index contributed by atoms with van der Waals surface area (Å²) in [6.07, 6.45) is 0. The maximum Gasteiger partial charge on any atom is 0.313 e. The third-order valence-corrected chi connectivity index (χ3v) is 5.70. The van der Waals surface area contributed by atoms with Gasteiger partial charge in [0.05, 0.1) is 6.04 Å². The Kier molecular flexibility index (Phi) is 6.77. The molecule has 2 aromatic rings. The van der Waals surface area contributed by atoms with Gasteiger partial charge >= 0.3 is 11.8 Å². The molecule has 0 spiro atoms. The Morgan fingerprint density at radius 3 is 2.57 bits per heavy atom. The molecule has 2 N–H and O–H groups in total. The van der Waals surface area contributed by atoms with E-state index in [0.717, 1.165) is 31.7 Å². The minimum Gasteiger partial charge on any atom is -0.346 e. The topological polar surface area (TPSA) is 64.7 Å². The first kappa shape index (κ1) is 20.4. The summed E-state index contributed by atoms with van der Waals surface area (Å²) in [7, 11) is 2.09. The molecule has 150 valence electrons. The summed E-state index contributed by atoms with van der Waals surface area (Å²) in [6.45, 7) is 5.72. The van der Waals surface area contributed by atoms with Crippen LogP contribution in [0.3, 0.4) is 0 Å². The highest BCUT2D eigenvalue weighted by Crippen LogP contribution is 2.23. The van der Waals surface area contributed by atoms with Crippen LogP contribution in [0.2, 0.25) is 0 Å². The lowest BCUT2D eigenvalue weighted by molar-refractivity contribution is -0.136. The van der Waals surface area contributed by atoms with Crippen molar-refractivity contribution in [2.24, 2.45) is 0 Å². The fourth-order valence-electron chi connectivity index (χ4n) is 3.18. The number of nitrogens with one attached hydrogen (secondary N) is 2. The number of hydrogen-bond acceptors (Lipinski definition) is 5. The molecule has 1 aromatic heterocycles. The van der Waals surface area contributed by atoms with Crippen molar-refractivity contribution in [3.05, 3.63) is 52.0 Å². The maximum atomic E-state index is 13.6. The number of thiophene rings is 1. The SMILES string of the molecule is Cc1ccc(NC(=O)C(=O)NC[C@@H](c2ccsc2)N2CCN(C)CC2)cc1F. The first-order valence-corrected chi connectivity index (χ1v) is 10.2. The first-order chi connectivity index (χ1) is 13.4. The van der Waals surface area contributed by atoms with Gasteiger partial charge in [-0.3, -0.25) is 14.5 Å². The Morgan fingerprint density at radius 2 is 1.93 bits per heavy atom. The average molecular weight is 405 g/mol. The number of carbonyl (C=O) groups excluding carboxylic acids is 2. The van der Waals surface area contributed by atoms with E-state index in [1.54, 1.807) is 30.4 Å². The van der Waals surface area contributed by atoms with Crippen LogP contribution < -0.4 is 10.6 Å². The van der Waals surface area contributed by atoms with Gasteiger partial charge in [0.2, 0.25) is 0 Å². The summed E-state index contributed by atoms with van der Waals surface area (Å²) in [5, 5.41) is 9.26. The van der Waals surface area contributed by atoms with Crippen molar-refractivity contribution < 1.29 is 14.0 Å². The quantitative estimate of drug-likeness (QED) is 0.751. The predicted octanol–water partition coefficient (Wildman–Crippen LogP) is 2.24. The molecule has 1 fully saturated rings. The molecule has 6 nitrogen and oxygen atoms in total. The second-order valence-corrected chi connectivity index (χ2v) is 7.82. The number of aryl methyl sites for hydroxylation is 1. The van der Waals surface area contributed by atoms with E-state index >= 15 is 0 Å². The minimum absolute atomic E-state index is 0.0218. The van der Waals surface area contributed by atoms with E-state index in [1.165, 1.54) is 6.07 Å². The van der Waals surface area contributed by atoms with E-state index in [0.29, 0.717) is 12.1 Å². The van der Waals surface area contributed by atoms with Crippen LogP contribution in [0.15, 0.2) is 35.0 Å². The zero-order chi connectivity index (χ0) is 20.1. The van der Waals surface area contributed by atoms with Crippen molar-refractivity contribution in [1.29, 1.82) is 0 Å². The van der Waals surface area contributed by atoms with Crippen LogP contribution in [0.25, 0.3) is 0 Å². The van der Waals surface area contributed by atoms with Crippen molar-refractivity contribution in [1.82, 2.24) is 15.1 Å². The fraction of sp³-hybridized carbons (Fsp3) is 0.400. The zero-order valence-corrected chi connectivity index (χ0v) is 16.9. The van der Waals surface area contributed by atoms with Gasteiger partial charge < -0.3 is 15.5 Å². The summed E-state index contributed by atoms with van der Waals surface area (Å²) >= 11 is 1.61. The molecule has 2 amide bonds. The Bertz CT molecular complexity index is 820. The van der Waals surface area contributed by atoms with Gasteiger partial charge in [0, 0.05) is 38.4 Å². The summed E-state index contributed by atoms with van der Waals surface area (Å²) in [4.78, 5) is 29.0. The number of hydrogen-bond donors (Lipinski definition) is 2. The van der Waals surface area contributed by atoms with Crippen LogP contribution in [-0.4, -0.2) is 61.4 Å². The molecular formula is C20H25FN4O2S. The normalized spacial score (nSPS) is 16.5. The first-order valence-electron chi connectivity index (χ1n) is 9.24. The highest BCUT2D eigenvalue weighted by molar-refractivity contribution is 7.08. The molecule has 0 aliphatic carbocycles. The van der Waals surface area contributed by atoms with Gasteiger partial charge in [0.1, 0.15) is 5.82 Å². The molecule has 8 heteroatoms. The van der Waals surface area contributed by atoms with Crippen molar-refractivity contribution in [3.63, 3.8) is 0 Å². The molecule has 1 aliphatic rings. The number of benzene rings is 1. The summed E-state index contributed by atoms with van der Waals surface area (Å²) < 4.78 is 13.6. The van der Waals surface area contributed by atoms with E-state index in [9.17, 15) is 14.0 Å². The van der Waals surface area contributed by atoms with Gasteiger partial charge in [0.25, 0.3) is 0 Å². The molecule has 3 rings (SSSR count). The number of nitrogens with zero attached hydrogens (tertiary/aromatic N) is 2. The third kappa shape index (κ3) is 5.15. The van der Waals surface area contributed by atoms with Crippen LogP contribution in [0, 0.1) is 12.7 Å². The summed E-state index contributed by atoms with van der Waals surface area (Å²) in [6, 6.07) is 6.41. The van der Waals surface area contributed by atoms with E-state index in [4.69, 9.17) is 0 Å². The minimum atomic E-state index is -0.800. The fourth-order valence-corrected chi connectivity index (χ4v) is 3.89. The van der Waals surface area contributed by atoms with Gasteiger partial charge in [0.15, 0.2) is 0 Å². The standard InChI is InChI=1S/C20H25FN4O2S/c1-14-3-4-16(11-17(14)21)23-20(27)19(26)22-12-18(15-5-10-28-13-15)25-8-6-24(2)7-9-25/h3-5,10-11,13,18H,6-9,12H2,1-2H3,(H,22,26)(H,23,27)/t18-/m0/s1. The Balaban J connectivity index is 1.59. The number of piperazine rings is 1. The van der Waals surface area contributed by atoms with Crippen LogP contribution >= 0.6 is 11.3 Å². The molecule has 1 aromatic carbocycles. The second-order valence-electron chi connectivity index (χ2n) is 7.04. The Labute approximate surface area is 168 Å². The zero-order valence-electron chi connectivity index (χ0n) is 16.1. The van der Waals surface area contributed by atoms with Gasteiger partial charge in [-0.25, -0.2) is 4.39 Å². The van der Waals surface area contributed by atoms with E-state index in [2.05, 4.69) is 38.9 Å². The Hall–Kier alpha value is -2.29. The number of amides is 2. The second kappa shape index (κ2) is 9.27. The van der Waals surface area contributed by atoms with Crippen molar-refractivity contribution in [2.75, 3.05) is 45.1 Å². The van der Waals surface area contributed by atoms with Crippen LogP contribution in [-0.2, 0) is 9.59 Å². The van der Waals surface area contributed by atoms with Crippen molar-refractivity contribution >= 4 is 28.8 Å². The number of anilines is 1.